The maximum Gasteiger partial charge on any atom is 0.137 e. The predicted octanol–water partition coefficient (Wildman–Crippen LogP) is 4.00. The van der Waals surface area contributed by atoms with Gasteiger partial charge in [0, 0.05) is 0 Å². The lowest BCUT2D eigenvalue weighted by Crippen LogP contribution is -2.42. The Bertz CT molecular complexity index is 566. The van der Waals surface area contributed by atoms with Crippen molar-refractivity contribution in [3.05, 3.63) is 53.6 Å². The van der Waals surface area contributed by atoms with E-state index in [-0.39, 0.29) is 0 Å². The zero-order valence-electron chi connectivity index (χ0n) is 11.3. The van der Waals surface area contributed by atoms with Gasteiger partial charge in [-0.25, -0.2) is 0 Å². The lowest BCUT2D eigenvalue weighted by Gasteiger charge is -2.26. The first kappa shape index (κ1) is 13.5. The highest BCUT2D eigenvalue weighted by Crippen LogP contribution is 2.30. The van der Waals surface area contributed by atoms with E-state index < -0.39 is 0 Å². The maximum atomic E-state index is 6.31. The summed E-state index contributed by atoms with van der Waals surface area (Å²) in [4.78, 5) is 0. The molecule has 0 aliphatic carbocycles. The van der Waals surface area contributed by atoms with Gasteiger partial charge in [-0.3, -0.25) is 0 Å². The van der Waals surface area contributed by atoms with Crippen LogP contribution in [0.4, 0.5) is 0 Å². The summed E-state index contributed by atoms with van der Waals surface area (Å²) in [6.07, 6.45) is 1.09. The number of rotatable bonds is 5. The molecule has 104 valence electrons. The molecular weight excluding hydrogens is 270 g/mol. The van der Waals surface area contributed by atoms with Crippen LogP contribution in [-0.2, 0) is 0 Å². The van der Waals surface area contributed by atoms with Crippen molar-refractivity contribution >= 4 is 11.6 Å². The molecule has 3 rings (SSSR count). The van der Waals surface area contributed by atoms with E-state index >= 15 is 0 Å². The molecule has 0 bridgehead atoms. The molecule has 1 fully saturated rings. The summed E-state index contributed by atoms with van der Waals surface area (Å²) < 4.78 is 5.77. The number of hydrogen-bond donors (Lipinski definition) is 1. The van der Waals surface area contributed by atoms with Gasteiger partial charge in [-0.2, -0.15) is 0 Å². The summed E-state index contributed by atoms with van der Waals surface area (Å²) in [6.45, 7) is 2.96. The van der Waals surface area contributed by atoms with Crippen molar-refractivity contribution < 1.29 is 4.74 Å². The average molecular weight is 288 g/mol. The van der Waals surface area contributed by atoms with Gasteiger partial charge < -0.3 is 10.1 Å². The van der Waals surface area contributed by atoms with Crippen molar-refractivity contribution in [2.24, 2.45) is 5.92 Å². The minimum atomic E-state index is 0.679. The Morgan fingerprint density at radius 3 is 2.50 bits per heavy atom. The molecule has 1 saturated heterocycles. The van der Waals surface area contributed by atoms with Crippen molar-refractivity contribution in [3.63, 3.8) is 0 Å². The molecule has 0 aromatic heterocycles. The Morgan fingerprint density at radius 1 is 1.05 bits per heavy atom. The Kier molecular flexibility index (Phi) is 4.24. The largest absolute Gasteiger partial charge is 0.492 e. The highest BCUT2D eigenvalue weighted by Gasteiger charge is 2.16. The molecule has 0 spiro atoms. The van der Waals surface area contributed by atoms with Crippen molar-refractivity contribution in [1.29, 1.82) is 0 Å². The third-order valence-electron chi connectivity index (χ3n) is 3.69. The normalized spacial score (nSPS) is 14.8. The molecule has 0 atom stereocenters. The first-order valence-electron chi connectivity index (χ1n) is 7.01. The molecule has 2 aromatic carbocycles. The highest BCUT2D eigenvalue weighted by atomic mass is 35.5. The summed E-state index contributed by atoms with van der Waals surface area (Å²) in [5, 5.41) is 3.94. The fraction of sp³-hybridized carbons (Fsp3) is 0.294. The lowest BCUT2D eigenvalue weighted by atomic mass is 10.0. The fourth-order valence-corrected chi connectivity index (χ4v) is 2.55. The summed E-state index contributed by atoms with van der Waals surface area (Å²) in [5.41, 5.74) is 2.28. The minimum Gasteiger partial charge on any atom is -0.492 e. The van der Waals surface area contributed by atoms with Crippen LogP contribution in [-0.4, -0.2) is 19.7 Å². The van der Waals surface area contributed by atoms with Crippen molar-refractivity contribution in [2.75, 3.05) is 19.7 Å². The second-order valence-electron chi connectivity index (χ2n) is 5.17. The van der Waals surface area contributed by atoms with Crippen LogP contribution in [0.2, 0.25) is 5.02 Å². The van der Waals surface area contributed by atoms with Crippen LogP contribution in [0, 0.1) is 5.92 Å². The van der Waals surface area contributed by atoms with Crippen molar-refractivity contribution in [3.8, 4) is 16.9 Å². The van der Waals surface area contributed by atoms with E-state index in [9.17, 15) is 0 Å². The molecule has 0 amide bonds. The van der Waals surface area contributed by atoms with E-state index in [1.807, 2.05) is 30.3 Å². The van der Waals surface area contributed by atoms with E-state index in [1.165, 1.54) is 5.56 Å². The second kappa shape index (κ2) is 6.29. The summed E-state index contributed by atoms with van der Waals surface area (Å²) in [7, 11) is 0. The number of hydrogen-bond acceptors (Lipinski definition) is 2. The highest BCUT2D eigenvalue weighted by molar-refractivity contribution is 6.32. The van der Waals surface area contributed by atoms with Crippen molar-refractivity contribution in [1.82, 2.24) is 5.32 Å². The van der Waals surface area contributed by atoms with Crippen LogP contribution in [0.1, 0.15) is 6.42 Å². The van der Waals surface area contributed by atoms with Gasteiger partial charge in [-0.15, -0.1) is 0 Å². The van der Waals surface area contributed by atoms with Crippen LogP contribution >= 0.6 is 11.6 Å². The van der Waals surface area contributed by atoms with Gasteiger partial charge in [0.15, 0.2) is 0 Å². The number of benzene rings is 2. The summed E-state index contributed by atoms with van der Waals surface area (Å²) in [6, 6.07) is 16.2. The van der Waals surface area contributed by atoms with Crippen molar-refractivity contribution in [2.45, 2.75) is 6.42 Å². The fourth-order valence-electron chi connectivity index (χ4n) is 2.32. The van der Waals surface area contributed by atoms with Crippen LogP contribution < -0.4 is 10.1 Å². The second-order valence-corrected chi connectivity index (χ2v) is 5.58. The quantitative estimate of drug-likeness (QED) is 0.898. The molecule has 1 N–H and O–H groups in total. The van der Waals surface area contributed by atoms with Crippen LogP contribution in [0.25, 0.3) is 11.1 Å². The zero-order valence-corrected chi connectivity index (χ0v) is 12.1. The van der Waals surface area contributed by atoms with Gasteiger partial charge in [0.1, 0.15) is 5.75 Å². The van der Waals surface area contributed by atoms with Crippen LogP contribution in [0.5, 0.6) is 5.75 Å². The Morgan fingerprint density at radius 2 is 1.85 bits per heavy atom. The molecule has 0 unspecified atom stereocenters. The molecule has 1 heterocycles. The summed E-state index contributed by atoms with van der Waals surface area (Å²) in [5.74, 6) is 1.54. The molecule has 1 aliphatic rings. The molecule has 0 saturated carbocycles. The molecule has 2 aromatic rings. The molecule has 2 nitrogen and oxygen atoms in total. The molecule has 0 radical (unpaired) electrons. The Balaban J connectivity index is 1.64. The maximum absolute atomic E-state index is 6.31. The first-order valence-corrected chi connectivity index (χ1v) is 7.39. The standard InChI is InChI=1S/C17H18ClNO/c18-16-10-15(14-4-2-1-3-5-14)6-7-17(16)20-9-8-13-11-19-12-13/h1-7,10,13,19H,8-9,11-12H2. The topological polar surface area (TPSA) is 21.3 Å². The molecule has 3 heteroatoms. The van der Waals surface area contributed by atoms with Gasteiger partial charge >= 0.3 is 0 Å². The van der Waals surface area contributed by atoms with E-state index in [1.54, 1.807) is 0 Å². The lowest BCUT2D eigenvalue weighted by molar-refractivity contribution is 0.238. The Hall–Kier alpha value is -1.51. The van der Waals surface area contributed by atoms with E-state index in [0.29, 0.717) is 5.02 Å². The predicted molar refractivity (Wildman–Crippen MR) is 83.4 cm³/mol. The monoisotopic (exact) mass is 287 g/mol. The van der Waals surface area contributed by atoms with Gasteiger partial charge in [0.05, 0.1) is 11.6 Å². The molecular formula is C17H18ClNO. The van der Waals surface area contributed by atoms with E-state index in [4.69, 9.17) is 16.3 Å². The zero-order chi connectivity index (χ0) is 13.8. The number of nitrogens with one attached hydrogen (secondary N) is 1. The average Bonchev–Trinajstić information content (AvgIpc) is 2.44. The van der Waals surface area contributed by atoms with Crippen LogP contribution in [0.15, 0.2) is 48.5 Å². The van der Waals surface area contributed by atoms with Gasteiger partial charge in [0.25, 0.3) is 0 Å². The van der Waals surface area contributed by atoms with Gasteiger partial charge in [-0.05, 0) is 48.7 Å². The van der Waals surface area contributed by atoms with E-state index in [0.717, 1.165) is 43.3 Å². The van der Waals surface area contributed by atoms with Gasteiger partial charge in [-0.1, -0.05) is 48.0 Å². The third kappa shape index (κ3) is 3.14. The minimum absolute atomic E-state index is 0.679. The van der Waals surface area contributed by atoms with E-state index in [2.05, 4.69) is 23.5 Å². The molecule has 20 heavy (non-hydrogen) atoms. The molecule has 1 aliphatic heterocycles. The third-order valence-corrected chi connectivity index (χ3v) is 3.98. The smallest absolute Gasteiger partial charge is 0.137 e. The van der Waals surface area contributed by atoms with Gasteiger partial charge in [0.2, 0.25) is 0 Å². The number of ether oxygens (including phenoxy) is 1. The first-order chi connectivity index (χ1) is 9.83. The SMILES string of the molecule is Clc1cc(-c2ccccc2)ccc1OCCC1CNC1. The number of halogens is 1. The Labute approximate surface area is 124 Å². The summed E-state index contributed by atoms with van der Waals surface area (Å²) >= 11 is 6.31. The van der Waals surface area contributed by atoms with Crippen LogP contribution in [0.3, 0.4) is 0 Å².